The molecule has 0 bridgehead atoms. The molecule has 12 heteroatoms. The second-order valence-corrected chi connectivity index (χ2v) is 9.43. The third-order valence-electron chi connectivity index (χ3n) is 6.62. The number of H-pyrrole nitrogens is 1. The highest BCUT2D eigenvalue weighted by atomic mass is 19.1. The summed E-state index contributed by atoms with van der Waals surface area (Å²) in [6.45, 7) is 1.31. The summed E-state index contributed by atoms with van der Waals surface area (Å²) in [5, 5.41) is 16.4. The van der Waals surface area contributed by atoms with Gasteiger partial charge in [0.15, 0.2) is 0 Å². The Kier molecular flexibility index (Phi) is 6.09. The summed E-state index contributed by atoms with van der Waals surface area (Å²) in [6.07, 6.45) is 6.60. The molecule has 1 saturated heterocycles. The van der Waals surface area contributed by atoms with Crippen LogP contribution in [0, 0.1) is 0 Å². The molecule has 0 radical (unpaired) electrons. The second kappa shape index (κ2) is 9.08. The lowest BCUT2D eigenvalue weighted by Gasteiger charge is -2.34. The molecular weight excluding hydrogens is 461 g/mol. The molecule has 35 heavy (non-hydrogen) atoms. The number of carbonyl (C=O) groups excluding carboxylic acids is 2. The summed E-state index contributed by atoms with van der Waals surface area (Å²) < 4.78 is 27.8. The van der Waals surface area contributed by atoms with Crippen LogP contribution in [0.4, 0.5) is 4.39 Å². The molecule has 3 heterocycles. The van der Waals surface area contributed by atoms with Crippen molar-refractivity contribution >= 4 is 23.5 Å². The second-order valence-electron chi connectivity index (χ2n) is 9.43. The SMILES string of the molecule is COC[C@H]1COCCN1C(=O)/C=C/c1c[nH]n2c(=O)c(C(=O)NC3CC3)c(O)[n+](CC3(F)CC3)c12. The van der Waals surface area contributed by atoms with E-state index < -0.39 is 28.6 Å². The van der Waals surface area contributed by atoms with Gasteiger partial charge in [0.05, 0.1) is 37.6 Å². The number of amides is 2. The minimum Gasteiger partial charge on any atom is -0.477 e. The highest BCUT2D eigenvalue weighted by Gasteiger charge is 2.48. The molecule has 0 aromatic carbocycles. The van der Waals surface area contributed by atoms with Gasteiger partial charge in [0.25, 0.3) is 5.91 Å². The lowest BCUT2D eigenvalue weighted by atomic mass is 10.2. The first-order chi connectivity index (χ1) is 16.8. The molecule has 5 rings (SSSR count). The van der Waals surface area contributed by atoms with Crippen molar-refractivity contribution in [2.75, 3.05) is 33.5 Å². The Balaban J connectivity index is 1.52. The fourth-order valence-electron chi connectivity index (χ4n) is 4.33. The molecule has 11 nitrogen and oxygen atoms in total. The minimum absolute atomic E-state index is 0.0262. The number of morpholine rings is 1. The van der Waals surface area contributed by atoms with Crippen molar-refractivity contribution < 1.29 is 33.1 Å². The number of nitrogens with zero attached hydrogens (tertiary/aromatic N) is 3. The van der Waals surface area contributed by atoms with Gasteiger partial charge in [0, 0.05) is 25.8 Å². The number of carbonyl (C=O) groups is 2. The number of aromatic amines is 1. The van der Waals surface area contributed by atoms with E-state index in [1.807, 2.05) is 0 Å². The number of halogens is 1. The maximum atomic E-state index is 14.8. The predicted octanol–water partition coefficient (Wildman–Crippen LogP) is -0.0980. The van der Waals surface area contributed by atoms with E-state index >= 15 is 0 Å². The van der Waals surface area contributed by atoms with E-state index in [2.05, 4.69) is 10.4 Å². The molecule has 2 aromatic rings. The number of fused-ring (bicyclic) bond motifs is 1. The van der Waals surface area contributed by atoms with Gasteiger partial charge in [0.1, 0.15) is 12.2 Å². The van der Waals surface area contributed by atoms with Crippen LogP contribution in [-0.2, 0) is 20.8 Å². The lowest BCUT2D eigenvalue weighted by Crippen LogP contribution is -2.50. The van der Waals surface area contributed by atoms with Gasteiger partial charge in [-0.2, -0.15) is 4.57 Å². The quantitative estimate of drug-likeness (QED) is 0.350. The van der Waals surface area contributed by atoms with Crippen LogP contribution in [0.15, 0.2) is 17.1 Å². The fraction of sp³-hybridized carbons (Fsp3) is 0.565. The number of hydrogen-bond donors (Lipinski definition) is 3. The topological polar surface area (TPSA) is 129 Å². The van der Waals surface area contributed by atoms with E-state index in [1.165, 1.54) is 22.9 Å². The monoisotopic (exact) mass is 490 g/mol. The molecule has 1 atom stereocenters. The number of hydrogen-bond acceptors (Lipinski definition) is 6. The average molecular weight is 491 g/mol. The maximum absolute atomic E-state index is 14.8. The minimum atomic E-state index is -1.53. The zero-order valence-corrected chi connectivity index (χ0v) is 19.5. The molecule has 2 aromatic heterocycles. The molecule has 2 aliphatic carbocycles. The molecule has 0 unspecified atom stereocenters. The Bertz CT molecular complexity index is 1240. The standard InChI is InChI=1S/C23H28FN5O6/c1-34-11-16-12-35-9-8-27(16)17(30)5-2-14-10-25-29-20(14)28(13-23(24)6-7-23)21(32)18(22(29)33)19(31)26-15-3-4-15/h2,5,10,15-16H,3-4,6-9,11-13H2,1H3,(H2,26,31,32,33)/p+1/b5-2+/t16-/m0/s1. The van der Waals surface area contributed by atoms with E-state index in [9.17, 15) is 23.9 Å². The van der Waals surface area contributed by atoms with Gasteiger partial charge in [-0.05, 0) is 31.8 Å². The summed E-state index contributed by atoms with van der Waals surface area (Å²) >= 11 is 0. The van der Waals surface area contributed by atoms with Gasteiger partial charge in [-0.15, -0.1) is 0 Å². The number of methoxy groups -OCH3 is 1. The van der Waals surface area contributed by atoms with Crippen molar-refractivity contribution in [3.63, 3.8) is 0 Å². The molecule has 0 spiro atoms. The molecule has 3 aliphatic rings. The molecule has 188 valence electrons. The Morgan fingerprint density at radius 2 is 2.20 bits per heavy atom. The Morgan fingerprint density at radius 1 is 1.43 bits per heavy atom. The van der Waals surface area contributed by atoms with Crippen molar-refractivity contribution in [2.45, 2.75) is 50.0 Å². The van der Waals surface area contributed by atoms with E-state index in [0.29, 0.717) is 44.8 Å². The molecular formula is C23H29FN5O6+. The van der Waals surface area contributed by atoms with Crippen LogP contribution in [0.1, 0.15) is 41.6 Å². The molecule has 2 amide bonds. The van der Waals surface area contributed by atoms with Crippen molar-refractivity contribution in [1.29, 1.82) is 0 Å². The number of ether oxygens (including phenoxy) is 2. The van der Waals surface area contributed by atoms with Crippen LogP contribution in [-0.4, -0.2) is 82.7 Å². The van der Waals surface area contributed by atoms with Crippen molar-refractivity contribution in [3.05, 3.63) is 33.8 Å². The van der Waals surface area contributed by atoms with Gasteiger partial charge in [-0.3, -0.25) is 9.59 Å². The first kappa shape index (κ1) is 23.5. The van der Waals surface area contributed by atoms with Crippen molar-refractivity contribution in [1.82, 2.24) is 19.8 Å². The first-order valence-electron chi connectivity index (χ1n) is 11.8. The molecule has 1 aliphatic heterocycles. The third-order valence-corrected chi connectivity index (χ3v) is 6.62. The van der Waals surface area contributed by atoms with E-state index in [-0.39, 0.29) is 30.2 Å². The van der Waals surface area contributed by atoms with Gasteiger partial charge >= 0.3 is 17.1 Å². The van der Waals surface area contributed by atoms with E-state index in [0.717, 1.165) is 17.4 Å². The summed E-state index contributed by atoms with van der Waals surface area (Å²) in [7, 11) is 1.55. The van der Waals surface area contributed by atoms with Crippen LogP contribution in [0.3, 0.4) is 0 Å². The van der Waals surface area contributed by atoms with E-state index in [1.54, 1.807) is 12.0 Å². The van der Waals surface area contributed by atoms with Crippen LogP contribution in [0.5, 0.6) is 5.88 Å². The average Bonchev–Trinajstić information content (AvgIpc) is 3.75. The van der Waals surface area contributed by atoms with E-state index in [4.69, 9.17) is 9.47 Å². The highest BCUT2D eigenvalue weighted by molar-refractivity contribution is 5.96. The smallest absolute Gasteiger partial charge is 0.378 e. The summed E-state index contributed by atoms with van der Waals surface area (Å²) in [4.78, 5) is 40.4. The summed E-state index contributed by atoms with van der Waals surface area (Å²) in [5.41, 5.74) is -2.17. The number of alkyl halides is 1. The zero-order valence-electron chi connectivity index (χ0n) is 19.5. The predicted molar refractivity (Wildman–Crippen MR) is 121 cm³/mol. The lowest BCUT2D eigenvalue weighted by molar-refractivity contribution is -0.688. The Hall–Kier alpha value is -3.25. The summed E-state index contributed by atoms with van der Waals surface area (Å²) in [6, 6.07) is -0.249. The number of aromatic hydroxyl groups is 1. The highest BCUT2D eigenvalue weighted by Crippen LogP contribution is 2.40. The molecule has 3 N–H and O–H groups in total. The first-order valence-corrected chi connectivity index (χ1v) is 11.8. The molecule has 3 fully saturated rings. The normalized spacial score (nSPS) is 21.5. The third kappa shape index (κ3) is 4.67. The van der Waals surface area contributed by atoms with Gasteiger partial charge in [0.2, 0.25) is 11.5 Å². The van der Waals surface area contributed by atoms with Crippen molar-refractivity contribution in [2.24, 2.45) is 0 Å². The van der Waals surface area contributed by atoms with Crippen LogP contribution < -0.4 is 15.4 Å². The number of rotatable bonds is 8. The van der Waals surface area contributed by atoms with Gasteiger partial charge < -0.3 is 24.8 Å². The van der Waals surface area contributed by atoms with Gasteiger partial charge in [-0.25, -0.2) is 14.3 Å². The zero-order chi connectivity index (χ0) is 24.7. The molecule has 2 saturated carbocycles. The fourth-order valence-corrected chi connectivity index (χ4v) is 4.33. The van der Waals surface area contributed by atoms with Crippen LogP contribution >= 0.6 is 0 Å². The maximum Gasteiger partial charge on any atom is 0.378 e. The van der Waals surface area contributed by atoms with Crippen LogP contribution in [0.25, 0.3) is 11.7 Å². The largest absolute Gasteiger partial charge is 0.477 e. The van der Waals surface area contributed by atoms with Crippen molar-refractivity contribution in [3.8, 4) is 5.88 Å². The number of nitrogens with one attached hydrogen (secondary N) is 2. The summed E-state index contributed by atoms with van der Waals surface area (Å²) in [5.74, 6) is -1.55. The Morgan fingerprint density at radius 3 is 2.89 bits per heavy atom. The Labute approximate surface area is 200 Å². The number of aromatic nitrogens is 3. The van der Waals surface area contributed by atoms with Gasteiger partial charge in [-0.1, -0.05) is 4.52 Å². The van der Waals surface area contributed by atoms with Crippen LogP contribution in [0.2, 0.25) is 0 Å².